The Balaban J connectivity index is 0.000000290. The fraction of sp³-hybridized carbons (Fsp3) is 0.512. The van der Waals surface area contributed by atoms with Crippen LogP contribution in [0.5, 0.6) is 0 Å². The number of halogens is 3. The van der Waals surface area contributed by atoms with Gasteiger partial charge < -0.3 is 20.1 Å². The molecule has 3 aromatic heterocycles. The Hall–Kier alpha value is -4.57. The summed E-state index contributed by atoms with van der Waals surface area (Å²) in [5, 5.41) is 9.17. The number of aromatic nitrogens is 3. The van der Waals surface area contributed by atoms with Crippen LogP contribution in [0.2, 0.25) is 15.1 Å². The Morgan fingerprint density at radius 3 is 1.90 bits per heavy atom. The Morgan fingerprint density at radius 1 is 0.864 bits per heavy atom. The molecule has 0 radical (unpaired) electrons. The van der Waals surface area contributed by atoms with Crippen LogP contribution in [0, 0.1) is 0 Å². The first-order valence-electron chi connectivity index (χ1n) is 19.5. The van der Waals surface area contributed by atoms with Crippen LogP contribution in [0.25, 0.3) is 0 Å². The molecule has 4 amide bonds. The highest BCUT2D eigenvalue weighted by Crippen LogP contribution is 2.41. The summed E-state index contributed by atoms with van der Waals surface area (Å²) < 4.78 is 10.2. The van der Waals surface area contributed by atoms with E-state index in [2.05, 4.69) is 49.7 Å². The maximum Gasteiger partial charge on any atom is 0.413 e. The summed E-state index contributed by atoms with van der Waals surface area (Å²) in [6.45, 7) is 17.2. The molecule has 2 aliphatic rings. The van der Waals surface area contributed by atoms with E-state index in [-0.39, 0.29) is 28.5 Å². The number of hydrogen-bond acceptors (Lipinski definition) is 11. The second-order valence-electron chi connectivity index (χ2n) is 15.2. The van der Waals surface area contributed by atoms with Crippen molar-refractivity contribution >= 4 is 83.0 Å². The number of nitrogens with zero attached hydrogens (tertiary/aromatic N) is 5. The molecule has 5 heterocycles. The monoisotopic (exact) mass is 877 g/mol. The number of nitrogens with one attached hydrogen (secondary N) is 3. The smallest absolute Gasteiger partial charge is 0.413 e. The lowest BCUT2D eigenvalue weighted by Crippen LogP contribution is -2.45. The van der Waals surface area contributed by atoms with Crippen molar-refractivity contribution in [1.29, 1.82) is 0 Å². The molecule has 15 nitrogen and oxygen atoms in total. The van der Waals surface area contributed by atoms with E-state index < -0.39 is 23.4 Å². The molecule has 0 aromatic carbocycles. The van der Waals surface area contributed by atoms with E-state index in [0.29, 0.717) is 40.1 Å². The third-order valence-corrected chi connectivity index (χ3v) is 8.90. The molecular formula is C41H58Cl3N9O6. The van der Waals surface area contributed by atoms with E-state index in [1.807, 2.05) is 4.90 Å². The van der Waals surface area contributed by atoms with Gasteiger partial charge in [0.15, 0.2) is 6.29 Å². The molecule has 0 aliphatic carbocycles. The maximum absolute atomic E-state index is 11.8. The molecule has 0 saturated carbocycles. The number of aliphatic imine (C=N–C) groups is 1. The van der Waals surface area contributed by atoms with E-state index >= 15 is 0 Å². The van der Waals surface area contributed by atoms with Gasteiger partial charge in [-0.1, -0.05) is 61.5 Å². The van der Waals surface area contributed by atoms with Crippen LogP contribution in [0.4, 0.5) is 31.8 Å². The van der Waals surface area contributed by atoms with Gasteiger partial charge in [-0.25, -0.2) is 29.3 Å². The maximum atomic E-state index is 11.8. The number of carbonyl (C=O) groups excluding carboxylic acids is 4. The van der Waals surface area contributed by atoms with Crippen LogP contribution < -0.4 is 21.7 Å². The molecule has 1 saturated heterocycles. The van der Waals surface area contributed by atoms with Crippen LogP contribution in [-0.4, -0.2) is 81.4 Å². The zero-order valence-corrected chi connectivity index (χ0v) is 37.4. The lowest BCUT2D eigenvalue weighted by Gasteiger charge is -2.40. The number of piperidine rings is 1. The molecule has 5 rings (SSSR count). The zero-order chi connectivity index (χ0) is 44.2. The van der Waals surface area contributed by atoms with E-state index in [9.17, 15) is 19.2 Å². The molecule has 1 fully saturated rings. The first-order valence-corrected chi connectivity index (χ1v) is 20.6. The van der Waals surface area contributed by atoms with Crippen LogP contribution in [0.3, 0.4) is 0 Å². The number of rotatable bonds is 9. The predicted molar refractivity (Wildman–Crippen MR) is 236 cm³/mol. The molecule has 0 spiro atoms. The fourth-order valence-electron chi connectivity index (χ4n) is 5.26. The largest absolute Gasteiger partial charge is 0.444 e. The van der Waals surface area contributed by atoms with Gasteiger partial charge in [-0.05, 0) is 98.4 Å². The molecule has 1 unspecified atom stereocenters. The Morgan fingerprint density at radius 2 is 1.39 bits per heavy atom. The molecule has 1 atom stereocenters. The van der Waals surface area contributed by atoms with Gasteiger partial charge in [-0.15, -0.1) is 0 Å². The van der Waals surface area contributed by atoms with Crippen LogP contribution >= 0.6 is 34.8 Å². The van der Waals surface area contributed by atoms with Gasteiger partial charge >= 0.3 is 18.2 Å². The van der Waals surface area contributed by atoms with Crippen molar-refractivity contribution in [3.8, 4) is 0 Å². The first-order chi connectivity index (χ1) is 27.8. The lowest BCUT2D eigenvalue weighted by molar-refractivity contribution is 0.0623. The summed E-state index contributed by atoms with van der Waals surface area (Å²) in [7, 11) is 0. The highest BCUT2D eigenvalue weighted by atomic mass is 35.5. The first kappa shape index (κ1) is 50.6. The third kappa shape index (κ3) is 18.1. The van der Waals surface area contributed by atoms with Gasteiger partial charge in [0.2, 0.25) is 0 Å². The van der Waals surface area contributed by atoms with Gasteiger partial charge in [-0.2, -0.15) is 0 Å². The van der Waals surface area contributed by atoms with Crippen molar-refractivity contribution in [1.82, 2.24) is 19.9 Å². The Kier molecular flexibility index (Phi) is 21.6. The molecule has 2 aliphatic heterocycles. The van der Waals surface area contributed by atoms with Gasteiger partial charge in [0.25, 0.3) is 0 Å². The van der Waals surface area contributed by atoms with Crippen molar-refractivity contribution < 1.29 is 28.7 Å². The molecule has 18 heteroatoms. The zero-order valence-electron chi connectivity index (χ0n) is 35.2. The van der Waals surface area contributed by atoms with E-state index in [1.165, 1.54) is 31.3 Å². The van der Waals surface area contributed by atoms with Crippen molar-refractivity contribution in [2.45, 2.75) is 118 Å². The number of urea groups is 1. The van der Waals surface area contributed by atoms with Crippen LogP contribution in [0.15, 0.2) is 41.8 Å². The van der Waals surface area contributed by atoms with Crippen molar-refractivity contribution in [2.75, 3.05) is 35.6 Å². The van der Waals surface area contributed by atoms with Gasteiger partial charge in [0.05, 0.1) is 32.2 Å². The third-order valence-electron chi connectivity index (χ3n) is 7.91. The fourth-order valence-corrected chi connectivity index (χ4v) is 5.91. The number of aldehydes is 1. The summed E-state index contributed by atoms with van der Waals surface area (Å²) in [5.74, 6) is 1.05. The quantitative estimate of drug-likeness (QED) is 0.0909. The van der Waals surface area contributed by atoms with E-state index in [0.717, 1.165) is 50.8 Å². The molecule has 324 valence electrons. The number of unbranched alkanes of at least 4 members (excludes halogenated alkanes) is 2. The lowest BCUT2D eigenvalue weighted by atomic mass is 9.94. The molecule has 0 bridgehead atoms. The minimum atomic E-state index is -0.685. The molecule has 59 heavy (non-hydrogen) atoms. The average Bonchev–Trinajstić information content (AvgIpc) is 3.14. The number of nitrogens with two attached hydrogens (primary N) is 1. The Bertz CT molecular complexity index is 1870. The normalized spacial score (nSPS) is 14.3. The number of pyridine rings is 3. The van der Waals surface area contributed by atoms with Crippen molar-refractivity contribution in [3.05, 3.63) is 68.5 Å². The number of carbonyl (C=O) groups is 4. The Labute approximate surface area is 362 Å². The minimum Gasteiger partial charge on any atom is -0.444 e. The summed E-state index contributed by atoms with van der Waals surface area (Å²) in [4.78, 5) is 64.2. The standard InChI is InChI=1S/C15H22ClN3O2.C11H12ClN3O.C11H13ClN2O3.C4H11N/c1-5-6-8-17-10-11-12(16)7-9-18-13(11)19-14(20)21-15(2,3)4;12-7-4-5-13-10-9(7)8-3-1-2-6-15(8)11(16)14-10;1-11(2,3)17-10(16)14-9-7(6-15)8(12)4-5-13-9;1-2-3-4-5/h7,9-10H,5-6,8H2,1-4H3,(H,18,19,20);4-5,8H,1-3,6H2,(H,13,14,16);4-6H,1-3H3,(H,13,14,16);2-5H2,1H3. The number of anilines is 3. The topological polar surface area (TPSA) is 203 Å². The molecular weight excluding hydrogens is 821 g/mol. The summed E-state index contributed by atoms with van der Waals surface area (Å²) in [6, 6.07) is 4.96. The van der Waals surface area contributed by atoms with Crippen molar-refractivity contribution in [2.24, 2.45) is 10.7 Å². The van der Waals surface area contributed by atoms with Gasteiger partial charge in [-0.3, -0.25) is 25.7 Å². The highest BCUT2D eigenvalue weighted by molar-refractivity contribution is 6.34. The summed E-state index contributed by atoms with van der Waals surface area (Å²) in [5.41, 5.74) is 5.63. The number of ether oxygens (including phenoxy) is 2. The van der Waals surface area contributed by atoms with Crippen molar-refractivity contribution in [3.63, 3.8) is 0 Å². The SMILES string of the molecule is CC(C)(C)OC(=O)Nc1nccc(Cl)c1C=O.CCCCN.CCCCN=Cc1c(Cl)ccnc1NC(=O)OC(C)(C)C.O=C1Nc2nccc(Cl)c2C2CCCCN12. The summed E-state index contributed by atoms with van der Waals surface area (Å²) >= 11 is 18.1. The number of fused-ring (bicyclic) bond motifs is 3. The molecule has 3 aromatic rings. The van der Waals surface area contributed by atoms with Crippen LogP contribution in [-0.2, 0) is 9.47 Å². The van der Waals surface area contributed by atoms with Crippen LogP contribution in [0.1, 0.15) is 128 Å². The van der Waals surface area contributed by atoms with E-state index in [1.54, 1.807) is 66.1 Å². The number of amides is 4. The predicted octanol–water partition coefficient (Wildman–Crippen LogP) is 10.7. The number of hydrogen-bond donors (Lipinski definition) is 4. The second-order valence-corrected chi connectivity index (χ2v) is 16.4. The highest BCUT2D eigenvalue weighted by Gasteiger charge is 2.36. The van der Waals surface area contributed by atoms with Gasteiger partial charge in [0, 0.05) is 43.5 Å². The van der Waals surface area contributed by atoms with Gasteiger partial charge in [0.1, 0.15) is 28.7 Å². The van der Waals surface area contributed by atoms with E-state index in [4.69, 9.17) is 50.0 Å². The minimum absolute atomic E-state index is 0.0491. The average molecular weight is 879 g/mol. The summed E-state index contributed by atoms with van der Waals surface area (Å²) in [6.07, 6.45) is 13.1. The second kappa shape index (κ2) is 25.1. The molecule has 5 N–H and O–H groups in total.